The summed E-state index contributed by atoms with van der Waals surface area (Å²) in [6.07, 6.45) is -0.0335. The van der Waals surface area contributed by atoms with Crippen LogP contribution in [0.1, 0.15) is 6.92 Å². The van der Waals surface area contributed by atoms with E-state index in [4.69, 9.17) is 10.5 Å². The van der Waals surface area contributed by atoms with Crippen molar-refractivity contribution in [3.8, 4) is 5.75 Å². The molecule has 0 saturated heterocycles. The second-order valence-electron chi connectivity index (χ2n) is 4.77. The monoisotopic (exact) mass is 256 g/mol. The number of anilines is 1. The highest BCUT2D eigenvalue weighted by molar-refractivity contribution is 6.02. The summed E-state index contributed by atoms with van der Waals surface area (Å²) in [6.45, 7) is 2.52. The Morgan fingerprint density at radius 1 is 1.37 bits per heavy atom. The molecule has 98 valence electrons. The zero-order valence-corrected chi connectivity index (χ0v) is 10.8. The highest BCUT2D eigenvalue weighted by atomic mass is 16.5. The van der Waals surface area contributed by atoms with Crippen LogP contribution in [0.4, 0.5) is 5.69 Å². The van der Waals surface area contributed by atoms with Crippen molar-refractivity contribution in [3.63, 3.8) is 0 Å². The van der Waals surface area contributed by atoms with Gasteiger partial charge in [-0.1, -0.05) is 30.3 Å². The predicted octanol–water partition coefficient (Wildman–Crippen LogP) is 1.91. The first-order valence-corrected chi connectivity index (χ1v) is 6.39. The molecule has 0 spiro atoms. The fraction of sp³-hybridized carbons (Fsp3) is 0.267. The molecule has 1 atom stereocenters. The van der Waals surface area contributed by atoms with Crippen LogP contribution in [-0.4, -0.2) is 25.1 Å². The lowest BCUT2D eigenvalue weighted by atomic mass is 10.1. The molecule has 1 amide bonds. The van der Waals surface area contributed by atoms with Gasteiger partial charge in [-0.3, -0.25) is 4.79 Å². The summed E-state index contributed by atoms with van der Waals surface area (Å²) in [5, 5.41) is 2.14. The Balaban J connectivity index is 2.20. The van der Waals surface area contributed by atoms with Crippen LogP contribution in [0.3, 0.4) is 0 Å². The van der Waals surface area contributed by atoms with E-state index in [0.717, 1.165) is 22.2 Å². The molecule has 0 bridgehead atoms. The fourth-order valence-corrected chi connectivity index (χ4v) is 2.51. The van der Waals surface area contributed by atoms with Gasteiger partial charge in [-0.05, 0) is 18.4 Å². The summed E-state index contributed by atoms with van der Waals surface area (Å²) < 4.78 is 5.94. The molecule has 2 aromatic carbocycles. The first-order chi connectivity index (χ1) is 9.20. The molecular weight excluding hydrogens is 240 g/mol. The molecule has 0 fully saturated rings. The van der Waals surface area contributed by atoms with E-state index in [-0.39, 0.29) is 18.6 Å². The molecule has 0 saturated carbocycles. The first-order valence-electron chi connectivity index (χ1n) is 6.39. The smallest absolute Gasteiger partial charge is 0.240 e. The van der Waals surface area contributed by atoms with E-state index in [1.165, 1.54) is 0 Å². The lowest BCUT2D eigenvalue weighted by Gasteiger charge is -2.34. The molecule has 2 N–H and O–H groups in total. The Bertz CT molecular complexity index is 639. The van der Waals surface area contributed by atoms with E-state index in [1.807, 2.05) is 43.3 Å². The number of nitrogens with two attached hydrogens (primary N) is 1. The normalized spacial score (nSPS) is 18.0. The Morgan fingerprint density at radius 3 is 2.95 bits per heavy atom. The molecular formula is C15H16N2O2. The average Bonchev–Trinajstić information content (AvgIpc) is 2.45. The average molecular weight is 256 g/mol. The van der Waals surface area contributed by atoms with Gasteiger partial charge in [0.2, 0.25) is 5.91 Å². The van der Waals surface area contributed by atoms with Crippen molar-refractivity contribution in [2.45, 2.75) is 13.0 Å². The lowest BCUT2D eigenvalue weighted by Crippen LogP contribution is -2.44. The summed E-state index contributed by atoms with van der Waals surface area (Å²) >= 11 is 0. The number of hydrogen-bond donors (Lipinski definition) is 1. The van der Waals surface area contributed by atoms with Gasteiger partial charge in [0, 0.05) is 5.39 Å². The van der Waals surface area contributed by atoms with Crippen LogP contribution in [0.5, 0.6) is 5.75 Å². The van der Waals surface area contributed by atoms with Gasteiger partial charge in [0.25, 0.3) is 0 Å². The number of carbonyl (C=O) groups excluding carboxylic acids is 1. The van der Waals surface area contributed by atoms with Crippen LogP contribution in [0.15, 0.2) is 36.4 Å². The Labute approximate surface area is 111 Å². The molecule has 3 rings (SSSR count). The summed E-state index contributed by atoms with van der Waals surface area (Å²) in [6, 6.07) is 11.9. The lowest BCUT2D eigenvalue weighted by molar-refractivity contribution is -0.117. The second-order valence-corrected chi connectivity index (χ2v) is 4.77. The SMILES string of the molecule is CC1CN(C(=O)CN)c2ccc3ccccc3c2O1. The van der Waals surface area contributed by atoms with E-state index >= 15 is 0 Å². The fourth-order valence-electron chi connectivity index (χ4n) is 2.51. The van der Waals surface area contributed by atoms with Crippen molar-refractivity contribution in [1.29, 1.82) is 0 Å². The number of benzene rings is 2. The Hall–Kier alpha value is -2.07. The van der Waals surface area contributed by atoms with E-state index in [9.17, 15) is 4.79 Å². The van der Waals surface area contributed by atoms with Crippen LogP contribution in [-0.2, 0) is 4.79 Å². The number of hydrogen-bond acceptors (Lipinski definition) is 3. The molecule has 1 unspecified atom stereocenters. The molecule has 4 nitrogen and oxygen atoms in total. The van der Waals surface area contributed by atoms with Crippen molar-refractivity contribution in [2.24, 2.45) is 5.73 Å². The third-order valence-corrected chi connectivity index (χ3v) is 3.38. The summed E-state index contributed by atoms with van der Waals surface area (Å²) in [5.41, 5.74) is 6.30. The van der Waals surface area contributed by atoms with Crippen LogP contribution in [0.25, 0.3) is 10.8 Å². The van der Waals surface area contributed by atoms with Gasteiger partial charge in [-0.2, -0.15) is 0 Å². The van der Waals surface area contributed by atoms with Gasteiger partial charge in [0.05, 0.1) is 18.8 Å². The van der Waals surface area contributed by atoms with E-state index < -0.39 is 0 Å². The summed E-state index contributed by atoms with van der Waals surface area (Å²) in [7, 11) is 0. The number of ether oxygens (including phenoxy) is 1. The Kier molecular flexibility index (Phi) is 2.87. The number of rotatable bonds is 1. The largest absolute Gasteiger partial charge is 0.486 e. The highest BCUT2D eigenvalue weighted by Crippen LogP contribution is 2.39. The van der Waals surface area contributed by atoms with Gasteiger partial charge in [0.1, 0.15) is 6.10 Å². The first kappa shape index (κ1) is 12.0. The zero-order chi connectivity index (χ0) is 13.4. The minimum atomic E-state index is -0.0771. The standard InChI is InChI=1S/C15H16N2O2/c1-10-9-17(14(18)8-16)13-7-6-11-4-2-3-5-12(11)15(13)19-10/h2-7,10H,8-9,16H2,1H3. The topological polar surface area (TPSA) is 55.6 Å². The van der Waals surface area contributed by atoms with E-state index in [0.29, 0.717) is 6.54 Å². The summed E-state index contributed by atoms with van der Waals surface area (Å²) in [5.74, 6) is 0.699. The minimum Gasteiger partial charge on any atom is -0.486 e. The predicted molar refractivity (Wildman–Crippen MR) is 75.4 cm³/mol. The molecule has 2 aromatic rings. The molecule has 0 aliphatic carbocycles. The van der Waals surface area contributed by atoms with Gasteiger partial charge >= 0.3 is 0 Å². The molecule has 1 heterocycles. The molecule has 19 heavy (non-hydrogen) atoms. The number of fused-ring (bicyclic) bond motifs is 3. The second kappa shape index (κ2) is 4.55. The van der Waals surface area contributed by atoms with Crippen LogP contribution >= 0.6 is 0 Å². The molecule has 4 heteroatoms. The van der Waals surface area contributed by atoms with Gasteiger partial charge in [-0.25, -0.2) is 0 Å². The third-order valence-electron chi connectivity index (χ3n) is 3.38. The molecule has 0 radical (unpaired) electrons. The summed E-state index contributed by atoms with van der Waals surface area (Å²) in [4.78, 5) is 13.7. The maximum atomic E-state index is 12.0. The Morgan fingerprint density at radius 2 is 2.16 bits per heavy atom. The van der Waals surface area contributed by atoms with Crippen LogP contribution in [0.2, 0.25) is 0 Å². The van der Waals surface area contributed by atoms with Crippen molar-refractivity contribution in [3.05, 3.63) is 36.4 Å². The van der Waals surface area contributed by atoms with Crippen molar-refractivity contribution < 1.29 is 9.53 Å². The van der Waals surface area contributed by atoms with Gasteiger partial charge < -0.3 is 15.4 Å². The minimum absolute atomic E-state index is 0.0129. The van der Waals surface area contributed by atoms with Crippen LogP contribution < -0.4 is 15.4 Å². The molecule has 0 aromatic heterocycles. The molecule has 1 aliphatic rings. The van der Waals surface area contributed by atoms with Gasteiger partial charge in [0.15, 0.2) is 5.75 Å². The van der Waals surface area contributed by atoms with Crippen LogP contribution in [0, 0.1) is 0 Å². The van der Waals surface area contributed by atoms with E-state index in [2.05, 4.69) is 0 Å². The quantitative estimate of drug-likeness (QED) is 0.848. The van der Waals surface area contributed by atoms with E-state index in [1.54, 1.807) is 4.90 Å². The van der Waals surface area contributed by atoms with Crippen molar-refractivity contribution in [1.82, 2.24) is 0 Å². The maximum absolute atomic E-state index is 12.0. The van der Waals surface area contributed by atoms with Crippen molar-refractivity contribution >= 4 is 22.4 Å². The third kappa shape index (κ3) is 1.94. The zero-order valence-electron chi connectivity index (χ0n) is 10.8. The number of carbonyl (C=O) groups is 1. The van der Waals surface area contributed by atoms with Gasteiger partial charge in [-0.15, -0.1) is 0 Å². The van der Waals surface area contributed by atoms with Crippen molar-refractivity contribution in [2.75, 3.05) is 18.0 Å². The highest BCUT2D eigenvalue weighted by Gasteiger charge is 2.28. The molecule has 1 aliphatic heterocycles. The number of nitrogens with zero attached hydrogens (tertiary/aromatic N) is 1. The maximum Gasteiger partial charge on any atom is 0.240 e. The number of amides is 1.